The van der Waals surface area contributed by atoms with Crippen LogP contribution in [0.25, 0.3) is 0 Å². The minimum atomic E-state index is -0.979. The molecule has 0 N–H and O–H groups in total. The molecular weight excluding hydrogens is 372 g/mol. The van der Waals surface area contributed by atoms with E-state index in [9.17, 15) is 23.2 Å². The van der Waals surface area contributed by atoms with Crippen LogP contribution >= 0.6 is 0 Å². The normalized spacial score (nSPS) is 11.0. The van der Waals surface area contributed by atoms with Gasteiger partial charge in [0.1, 0.15) is 23.0 Å². The Bertz CT molecular complexity index is 945. The van der Waals surface area contributed by atoms with Crippen molar-refractivity contribution in [2.24, 2.45) is 0 Å². The lowest BCUT2D eigenvalue weighted by atomic mass is 10.2. The molecule has 1 aromatic carbocycles. The topological polar surface area (TPSA) is 75.8 Å². The molecule has 0 bridgehead atoms. The Morgan fingerprint density at radius 2 is 1.79 bits per heavy atom. The van der Waals surface area contributed by atoms with E-state index in [4.69, 9.17) is 4.52 Å². The number of carbonyl (C=O) groups excluding carboxylic acids is 2. The zero-order chi connectivity index (χ0) is 21.2. The van der Waals surface area contributed by atoms with Crippen molar-refractivity contribution >= 4 is 17.6 Å². The maximum absolute atomic E-state index is 14.2. The van der Waals surface area contributed by atoms with Gasteiger partial charge in [0, 0.05) is 25.2 Å². The number of aromatic nitrogens is 1. The summed E-state index contributed by atoms with van der Waals surface area (Å²) < 4.78 is 33.1. The zero-order valence-corrected chi connectivity index (χ0v) is 16.5. The van der Waals surface area contributed by atoms with Gasteiger partial charge in [0.25, 0.3) is 5.91 Å². The molecule has 1 aromatic heterocycles. The molecule has 2 rings (SSSR count). The molecule has 0 spiro atoms. The molecule has 0 aliphatic rings. The summed E-state index contributed by atoms with van der Waals surface area (Å²) in [6.07, 6.45) is 0. The minimum absolute atomic E-state index is 0.0152. The highest BCUT2D eigenvalue weighted by atomic mass is 19.1. The van der Waals surface area contributed by atoms with Crippen LogP contribution in [0.4, 0.5) is 19.3 Å². The molecule has 0 fully saturated rings. The predicted molar refractivity (Wildman–Crippen MR) is 99.7 cm³/mol. The Labute approximate surface area is 161 Å². The molecule has 0 saturated heterocycles. The number of benzene rings is 1. The molecule has 152 valence electrons. The van der Waals surface area contributed by atoms with Crippen LogP contribution in [-0.4, -0.2) is 40.7 Å². The molecule has 28 heavy (non-hydrogen) atoms. The minimum Gasteiger partial charge on any atom is -0.371 e. The van der Waals surface area contributed by atoms with Crippen molar-refractivity contribution in [2.75, 3.05) is 18.0 Å². The van der Waals surface area contributed by atoms with Gasteiger partial charge in [-0.3, -0.25) is 14.5 Å². The van der Waals surface area contributed by atoms with Gasteiger partial charge in [-0.05, 0) is 46.8 Å². The smallest absolute Gasteiger partial charge is 0.365 e. The Kier molecular flexibility index (Phi) is 6.37. The van der Waals surface area contributed by atoms with Crippen LogP contribution in [0.5, 0.6) is 0 Å². The summed E-state index contributed by atoms with van der Waals surface area (Å²) in [7, 11) is 0. The van der Waals surface area contributed by atoms with Crippen molar-refractivity contribution in [3.05, 3.63) is 51.5 Å². The SMILES string of the molecule is CCN(CC)C(=O)c1c(C)on(C(=O)N(c2ccc(F)cc2F)C(C)C)c1=O. The molecule has 0 unspecified atom stereocenters. The Balaban J connectivity index is 2.54. The zero-order valence-electron chi connectivity index (χ0n) is 16.5. The van der Waals surface area contributed by atoms with Crippen LogP contribution in [0.2, 0.25) is 0 Å². The molecule has 0 radical (unpaired) electrons. The van der Waals surface area contributed by atoms with Crippen molar-refractivity contribution in [1.29, 1.82) is 0 Å². The maximum atomic E-state index is 14.2. The fourth-order valence-corrected chi connectivity index (χ4v) is 2.89. The number of anilines is 1. The van der Waals surface area contributed by atoms with E-state index < -0.39 is 35.2 Å². The van der Waals surface area contributed by atoms with Gasteiger partial charge in [-0.25, -0.2) is 13.6 Å². The van der Waals surface area contributed by atoms with E-state index in [1.165, 1.54) is 11.8 Å². The fraction of sp³-hybridized carbons (Fsp3) is 0.421. The van der Waals surface area contributed by atoms with E-state index in [2.05, 4.69) is 0 Å². The summed E-state index contributed by atoms with van der Waals surface area (Å²) in [5.74, 6) is -2.32. The highest BCUT2D eigenvalue weighted by Crippen LogP contribution is 2.23. The van der Waals surface area contributed by atoms with Crippen LogP contribution in [0, 0.1) is 18.6 Å². The van der Waals surface area contributed by atoms with Gasteiger partial charge in [-0.1, -0.05) is 4.74 Å². The van der Waals surface area contributed by atoms with E-state index in [0.29, 0.717) is 23.9 Å². The Hall–Kier alpha value is -2.97. The van der Waals surface area contributed by atoms with Gasteiger partial charge in [0.2, 0.25) is 0 Å². The largest absolute Gasteiger partial charge is 0.371 e. The number of amides is 2. The summed E-state index contributed by atoms with van der Waals surface area (Å²) >= 11 is 0. The van der Waals surface area contributed by atoms with E-state index >= 15 is 0 Å². The molecule has 1 heterocycles. The van der Waals surface area contributed by atoms with Crippen molar-refractivity contribution < 1.29 is 22.9 Å². The highest BCUT2D eigenvalue weighted by Gasteiger charge is 2.31. The van der Waals surface area contributed by atoms with Crippen LogP contribution in [0.15, 0.2) is 27.5 Å². The van der Waals surface area contributed by atoms with Crippen LogP contribution in [0.3, 0.4) is 0 Å². The van der Waals surface area contributed by atoms with Crippen LogP contribution in [0.1, 0.15) is 43.8 Å². The standard InChI is InChI=1S/C19H23F2N3O4/c1-6-22(7-2)17(25)16-12(5)28-24(18(16)26)19(27)23(11(3)4)15-9-8-13(20)10-14(15)21/h8-11H,6-7H2,1-5H3. The van der Waals surface area contributed by atoms with Crippen LogP contribution < -0.4 is 10.5 Å². The summed E-state index contributed by atoms with van der Waals surface area (Å²) in [5, 5.41) is 0. The second-order valence-electron chi connectivity index (χ2n) is 6.44. The first kappa shape index (κ1) is 21.3. The van der Waals surface area contributed by atoms with E-state index in [1.54, 1.807) is 27.7 Å². The van der Waals surface area contributed by atoms with Crippen molar-refractivity contribution in [3.8, 4) is 0 Å². The van der Waals surface area contributed by atoms with Crippen molar-refractivity contribution in [3.63, 3.8) is 0 Å². The third-order valence-electron chi connectivity index (χ3n) is 4.31. The average Bonchev–Trinajstić information content (AvgIpc) is 2.92. The molecule has 7 nitrogen and oxygen atoms in total. The molecule has 0 saturated carbocycles. The molecule has 9 heteroatoms. The summed E-state index contributed by atoms with van der Waals surface area (Å²) in [6, 6.07) is 1.19. The predicted octanol–water partition coefficient (Wildman–Crippen LogP) is 3.39. The second kappa shape index (κ2) is 8.37. The number of aryl methyl sites for hydroxylation is 1. The first-order valence-corrected chi connectivity index (χ1v) is 8.94. The first-order chi connectivity index (χ1) is 13.1. The van der Waals surface area contributed by atoms with Gasteiger partial charge in [-0.2, -0.15) is 0 Å². The summed E-state index contributed by atoms with van der Waals surface area (Å²) in [4.78, 5) is 40.6. The summed E-state index contributed by atoms with van der Waals surface area (Å²) in [6.45, 7) is 8.89. The lowest BCUT2D eigenvalue weighted by Gasteiger charge is -2.26. The van der Waals surface area contributed by atoms with Gasteiger partial charge >= 0.3 is 11.6 Å². The maximum Gasteiger partial charge on any atom is 0.365 e. The summed E-state index contributed by atoms with van der Waals surface area (Å²) in [5.41, 5.74) is -1.38. The van der Waals surface area contributed by atoms with E-state index in [1.807, 2.05) is 0 Å². The molecule has 0 aliphatic carbocycles. The number of hydrogen-bond acceptors (Lipinski definition) is 4. The van der Waals surface area contributed by atoms with Gasteiger partial charge < -0.3 is 9.42 Å². The Morgan fingerprint density at radius 1 is 1.18 bits per heavy atom. The van der Waals surface area contributed by atoms with Crippen molar-refractivity contribution in [2.45, 2.75) is 40.7 Å². The average molecular weight is 395 g/mol. The molecule has 2 aromatic rings. The first-order valence-electron chi connectivity index (χ1n) is 8.94. The second-order valence-corrected chi connectivity index (χ2v) is 6.44. The third-order valence-corrected chi connectivity index (χ3v) is 4.31. The van der Waals surface area contributed by atoms with Crippen LogP contribution in [-0.2, 0) is 0 Å². The third kappa shape index (κ3) is 3.83. The number of halogens is 2. The quantitative estimate of drug-likeness (QED) is 0.778. The fourth-order valence-electron chi connectivity index (χ4n) is 2.89. The monoisotopic (exact) mass is 395 g/mol. The molecule has 0 atom stereocenters. The highest BCUT2D eigenvalue weighted by molar-refractivity contribution is 5.97. The molecule has 0 aliphatic heterocycles. The number of carbonyl (C=O) groups is 2. The van der Waals surface area contributed by atoms with Gasteiger partial charge in [0.05, 0.1) is 5.69 Å². The number of rotatable bonds is 5. The van der Waals surface area contributed by atoms with E-state index in [0.717, 1.165) is 17.0 Å². The Morgan fingerprint density at radius 3 is 2.29 bits per heavy atom. The lowest BCUT2D eigenvalue weighted by molar-refractivity contribution is 0.0770. The number of hydrogen-bond donors (Lipinski definition) is 0. The van der Waals surface area contributed by atoms with E-state index in [-0.39, 0.29) is 17.0 Å². The number of nitrogens with zero attached hydrogens (tertiary/aromatic N) is 3. The van der Waals surface area contributed by atoms with Crippen molar-refractivity contribution in [1.82, 2.24) is 9.64 Å². The van der Waals surface area contributed by atoms with Gasteiger partial charge in [0.15, 0.2) is 0 Å². The lowest BCUT2D eigenvalue weighted by Crippen LogP contribution is -2.44. The molecular formula is C19H23F2N3O4. The molecule has 2 amide bonds. The van der Waals surface area contributed by atoms with Gasteiger partial charge in [-0.15, -0.1) is 0 Å².